The van der Waals surface area contributed by atoms with Gasteiger partial charge in [-0.25, -0.2) is 8.78 Å². The Labute approximate surface area is 108 Å². The number of hydrogen-bond donors (Lipinski definition) is 0. The lowest BCUT2D eigenvalue weighted by atomic mass is 10.3. The quantitative estimate of drug-likeness (QED) is 0.526. The standard InChI is InChI=1S/C8H2Br2F6O/c9-4-2(11)1-3(12)5(10)6(4)17-7(13)8(14,15)16/h1,7H. The van der Waals surface area contributed by atoms with Crippen molar-refractivity contribution in [2.45, 2.75) is 12.5 Å². The maximum atomic E-state index is 13.0. The van der Waals surface area contributed by atoms with Crippen LogP contribution in [0.1, 0.15) is 0 Å². The van der Waals surface area contributed by atoms with Crippen LogP contribution in [0, 0.1) is 11.6 Å². The SMILES string of the molecule is Fc1cc(F)c(Br)c(OC(F)C(F)(F)F)c1Br. The number of rotatable bonds is 2. The first-order valence-electron chi connectivity index (χ1n) is 3.85. The molecule has 17 heavy (non-hydrogen) atoms. The molecule has 0 aliphatic carbocycles. The Hall–Kier alpha value is -0.440. The molecule has 0 radical (unpaired) electrons. The maximum absolute atomic E-state index is 13.0. The molecule has 0 heterocycles. The van der Waals surface area contributed by atoms with Crippen LogP contribution in [0.3, 0.4) is 0 Å². The van der Waals surface area contributed by atoms with Gasteiger partial charge in [0.2, 0.25) is 0 Å². The summed E-state index contributed by atoms with van der Waals surface area (Å²) in [5.74, 6) is -3.36. The third kappa shape index (κ3) is 3.27. The molecule has 1 unspecified atom stereocenters. The predicted molar refractivity (Wildman–Crippen MR) is 53.3 cm³/mol. The first-order valence-corrected chi connectivity index (χ1v) is 5.43. The third-order valence-corrected chi connectivity index (χ3v) is 3.03. The minimum atomic E-state index is -5.29. The fourth-order valence-corrected chi connectivity index (χ4v) is 1.90. The predicted octanol–water partition coefficient (Wildman–Crippen LogP) is 4.73. The highest BCUT2D eigenvalue weighted by molar-refractivity contribution is 9.11. The van der Waals surface area contributed by atoms with E-state index in [0.29, 0.717) is 6.07 Å². The highest BCUT2D eigenvalue weighted by Gasteiger charge is 2.43. The van der Waals surface area contributed by atoms with Gasteiger partial charge in [0.15, 0.2) is 5.75 Å². The molecule has 96 valence electrons. The number of hydrogen-bond acceptors (Lipinski definition) is 1. The molecule has 0 amide bonds. The summed E-state index contributed by atoms with van der Waals surface area (Å²) in [6, 6.07) is 0.405. The summed E-state index contributed by atoms with van der Waals surface area (Å²) in [6.07, 6.45) is -8.97. The molecule has 0 bridgehead atoms. The summed E-state index contributed by atoms with van der Waals surface area (Å²) >= 11 is 5.06. The fraction of sp³-hybridized carbons (Fsp3) is 0.250. The van der Waals surface area contributed by atoms with Gasteiger partial charge in [0.1, 0.15) is 11.6 Å². The molecule has 0 aliphatic rings. The van der Waals surface area contributed by atoms with Gasteiger partial charge in [0.25, 0.3) is 0 Å². The van der Waals surface area contributed by atoms with Crippen molar-refractivity contribution in [3.05, 3.63) is 26.6 Å². The fourth-order valence-electron chi connectivity index (χ4n) is 0.825. The van der Waals surface area contributed by atoms with Crippen LogP contribution in [-0.2, 0) is 0 Å². The highest BCUT2D eigenvalue weighted by atomic mass is 79.9. The molecule has 9 heteroatoms. The van der Waals surface area contributed by atoms with E-state index in [4.69, 9.17) is 0 Å². The zero-order valence-corrected chi connectivity index (χ0v) is 10.8. The normalized spacial score (nSPS) is 13.6. The number of alkyl halides is 4. The van der Waals surface area contributed by atoms with Crippen molar-refractivity contribution in [3.8, 4) is 5.75 Å². The molecule has 0 saturated heterocycles. The van der Waals surface area contributed by atoms with Crippen LogP contribution >= 0.6 is 31.9 Å². The Morgan fingerprint density at radius 3 is 1.82 bits per heavy atom. The summed E-state index contributed by atoms with van der Waals surface area (Å²) in [6.45, 7) is 0. The van der Waals surface area contributed by atoms with Crippen LogP contribution in [0.5, 0.6) is 5.75 Å². The molecule has 0 fully saturated rings. The number of ether oxygens (including phenoxy) is 1. The molecule has 0 N–H and O–H groups in total. The largest absolute Gasteiger partial charge is 0.457 e. The van der Waals surface area contributed by atoms with E-state index in [9.17, 15) is 26.3 Å². The van der Waals surface area contributed by atoms with E-state index in [1.54, 1.807) is 0 Å². The molecule has 1 nitrogen and oxygen atoms in total. The second kappa shape index (κ2) is 5.05. The summed E-state index contributed by atoms with van der Waals surface area (Å²) in [4.78, 5) is 0. The van der Waals surface area contributed by atoms with Crippen LogP contribution in [0.4, 0.5) is 26.3 Å². The molecule has 1 rings (SSSR count). The summed E-state index contributed by atoms with van der Waals surface area (Å²) in [5, 5.41) is 0. The van der Waals surface area contributed by atoms with E-state index in [1.807, 2.05) is 0 Å². The average molecular weight is 388 g/mol. The van der Waals surface area contributed by atoms with Crippen molar-refractivity contribution in [1.29, 1.82) is 0 Å². The molecular weight excluding hydrogens is 386 g/mol. The van der Waals surface area contributed by atoms with Gasteiger partial charge in [-0.1, -0.05) is 0 Å². The minimum absolute atomic E-state index is 0.405. The van der Waals surface area contributed by atoms with Crippen molar-refractivity contribution in [2.24, 2.45) is 0 Å². The van der Waals surface area contributed by atoms with Gasteiger partial charge < -0.3 is 4.74 Å². The molecule has 1 aromatic carbocycles. The average Bonchev–Trinajstić information content (AvgIpc) is 2.20. The zero-order valence-electron chi connectivity index (χ0n) is 7.59. The van der Waals surface area contributed by atoms with Crippen molar-refractivity contribution in [1.82, 2.24) is 0 Å². The van der Waals surface area contributed by atoms with E-state index in [2.05, 4.69) is 36.6 Å². The van der Waals surface area contributed by atoms with Crippen LogP contribution in [0.2, 0.25) is 0 Å². The second-order valence-electron chi connectivity index (χ2n) is 2.77. The van der Waals surface area contributed by atoms with E-state index in [1.165, 1.54) is 0 Å². The summed E-state index contributed by atoms with van der Waals surface area (Å²) < 4.78 is 76.8. The zero-order chi connectivity index (χ0) is 13.4. The lowest BCUT2D eigenvalue weighted by Crippen LogP contribution is -2.30. The molecule has 0 aromatic heterocycles. The number of benzene rings is 1. The Kier molecular flexibility index (Phi) is 4.34. The van der Waals surface area contributed by atoms with Crippen LogP contribution in [0.15, 0.2) is 15.0 Å². The molecule has 0 aliphatic heterocycles. The van der Waals surface area contributed by atoms with E-state index in [0.717, 1.165) is 0 Å². The minimum Gasteiger partial charge on any atom is -0.449 e. The number of halogens is 8. The van der Waals surface area contributed by atoms with Gasteiger partial charge >= 0.3 is 12.5 Å². The first-order chi connectivity index (χ1) is 7.64. The topological polar surface area (TPSA) is 9.23 Å². The Morgan fingerprint density at radius 1 is 1.06 bits per heavy atom. The van der Waals surface area contributed by atoms with Crippen LogP contribution in [-0.4, -0.2) is 12.5 Å². The highest BCUT2D eigenvalue weighted by Crippen LogP contribution is 2.39. The lowest BCUT2D eigenvalue weighted by Gasteiger charge is -2.16. The monoisotopic (exact) mass is 386 g/mol. The molecule has 0 spiro atoms. The van der Waals surface area contributed by atoms with Gasteiger partial charge in [-0.2, -0.15) is 17.6 Å². The van der Waals surface area contributed by atoms with Crippen molar-refractivity contribution < 1.29 is 31.1 Å². The van der Waals surface area contributed by atoms with Crippen LogP contribution in [0.25, 0.3) is 0 Å². The summed E-state index contributed by atoms with van der Waals surface area (Å²) in [7, 11) is 0. The maximum Gasteiger partial charge on any atom is 0.457 e. The van der Waals surface area contributed by atoms with Crippen molar-refractivity contribution >= 4 is 31.9 Å². The van der Waals surface area contributed by atoms with E-state index in [-0.39, 0.29) is 0 Å². The molecule has 0 saturated carbocycles. The van der Waals surface area contributed by atoms with Gasteiger partial charge in [-0.15, -0.1) is 0 Å². The third-order valence-electron chi connectivity index (χ3n) is 1.55. The van der Waals surface area contributed by atoms with Crippen molar-refractivity contribution in [3.63, 3.8) is 0 Å². The van der Waals surface area contributed by atoms with Crippen molar-refractivity contribution in [2.75, 3.05) is 0 Å². The Bertz CT molecular complexity index is 407. The second-order valence-corrected chi connectivity index (χ2v) is 4.36. The molecule has 1 atom stereocenters. The van der Waals surface area contributed by atoms with Crippen LogP contribution < -0.4 is 4.74 Å². The van der Waals surface area contributed by atoms with Gasteiger partial charge in [-0.3, -0.25) is 0 Å². The first kappa shape index (κ1) is 14.6. The molecular formula is C8H2Br2F6O. The lowest BCUT2D eigenvalue weighted by molar-refractivity contribution is -0.236. The van der Waals surface area contributed by atoms with Gasteiger partial charge in [-0.05, 0) is 31.9 Å². The van der Waals surface area contributed by atoms with E-state index >= 15 is 0 Å². The van der Waals surface area contributed by atoms with Gasteiger partial charge in [0, 0.05) is 6.07 Å². The molecule has 1 aromatic rings. The summed E-state index contributed by atoms with van der Waals surface area (Å²) in [5.41, 5.74) is 0. The Balaban J connectivity index is 3.15. The smallest absolute Gasteiger partial charge is 0.449 e. The van der Waals surface area contributed by atoms with Gasteiger partial charge in [0.05, 0.1) is 8.95 Å². The Morgan fingerprint density at radius 2 is 1.47 bits per heavy atom. The van der Waals surface area contributed by atoms with E-state index < -0.39 is 38.9 Å².